The van der Waals surface area contributed by atoms with Gasteiger partial charge in [0.2, 0.25) is 0 Å². The summed E-state index contributed by atoms with van der Waals surface area (Å²) in [5.74, 6) is 0.584. The number of nitrogens with one attached hydrogen (secondary N) is 1. The molecule has 1 aromatic heterocycles. The molecule has 1 aromatic carbocycles. The molecule has 1 aliphatic heterocycles. The van der Waals surface area contributed by atoms with Crippen molar-refractivity contribution in [1.29, 1.82) is 0 Å². The van der Waals surface area contributed by atoms with E-state index < -0.39 is 0 Å². The van der Waals surface area contributed by atoms with Crippen LogP contribution in [0.5, 0.6) is 10.8 Å². The molecule has 0 atom stereocenters. The maximum atomic E-state index is 11.9. The lowest BCUT2D eigenvalue weighted by molar-refractivity contribution is 0.102. The number of rotatable bonds is 0. The first-order valence-electron chi connectivity index (χ1n) is 4.93. The minimum absolute atomic E-state index is 0.107. The molecule has 1 aliphatic rings. The summed E-state index contributed by atoms with van der Waals surface area (Å²) in [6.07, 6.45) is 0. The molecular formula is C12H9NO2S. The lowest BCUT2D eigenvalue weighted by Gasteiger charge is -2.05. The molecule has 2 heterocycles. The van der Waals surface area contributed by atoms with Crippen LogP contribution in [0, 0.1) is 6.92 Å². The van der Waals surface area contributed by atoms with Crippen molar-refractivity contribution in [2.75, 3.05) is 5.32 Å². The molecule has 0 aliphatic carbocycles. The number of para-hydroxylation sites is 2. The second-order valence-corrected chi connectivity index (χ2v) is 4.83. The highest BCUT2D eigenvalue weighted by Crippen LogP contribution is 2.39. The SMILES string of the molecule is Cc1cc2c(s1)Oc1ccccc1NC2=O. The van der Waals surface area contributed by atoms with Gasteiger partial charge >= 0.3 is 0 Å². The van der Waals surface area contributed by atoms with Gasteiger partial charge in [0.1, 0.15) is 0 Å². The first-order chi connectivity index (χ1) is 7.74. The average molecular weight is 231 g/mol. The zero-order chi connectivity index (χ0) is 11.1. The van der Waals surface area contributed by atoms with Crippen molar-refractivity contribution in [3.05, 3.63) is 40.8 Å². The molecule has 0 unspecified atom stereocenters. The number of fused-ring (bicyclic) bond motifs is 2. The van der Waals surface area contributed by atoms with E-state index in [4.69, 9.17) is 4.74 Å². The maximum absolute atomic E-state index is 11.9. The fourth-order valence-corrected chi connectivity index (χ4v) is 2.54. The van der Waals surface area contributed by atoms with Gasteiger partial charge in [-0.2, -0.15) is 0 Å². The van der Waals surface area contributed by atoms with E-state index in [0.717, 1.165) is 4.88 Å². The number of benzene rings is 1. The highest BCUT2D eigenvalue weighted by atomic mass is 32.1. The van der Waals surface area contributed by atoms with Gasteiger partial charge in [0.05, 0.1) is 11.3 Å². The van der Waals surface area contributed by atoms with Crippen LogP contribution in [0.3, 0.4) is 0 Å². The summed E-state index contributed by atoms with van der Waals surface area (Å²) in [5.41, 5.74) is 1.33. The third kappa shape index (κ3) is 1.39. The number of hydrogen-bond donors (Lipinski definition) is 1. The normalized spacial score (nSPS) is 13.2. The lowest BCUT2D eigenvalue weighted by atomic mass is 10.2. The van der Waals surface area contributed by atoms with E-state index in [2.05, 4.69) is 5.32 Å². The molecule has 3 nitrogen and oxygen atoms in total. The number of carbonyl (C=O) groups excluding carboxylic acids is 1. The number of carbonyl (C=O) groups is 1. The smallest absolute Gasteiger partial charge is 0.260 e. The molecule has 2 aromatic rings. The summed E-state index contributed by atoms with van der Waals surface area (Å²) in [4.78, 5) is 13.0. The van der Waals surface area contributed by atoms with Crippen molar-refractivity contribution in [1.82, 2.24) is 0 Å². The van der Waals surface area contributed by atoms with E-state index in [-0.39, 0.29) is 5.91 Å². The minimum Gasteiger partial charge on any atom is -0.444 e. The molecule has 0 radical (unpaired) electrons. The largest absolute Gasteiger partial charge is 0.444 e. The fraction of sp³-hybridized carbons (Fsp3) is 0.0833. The zero-order valence-corrected chi connectivity index (χ0v) is 9.43. The Morgan fingerprint density at radius 2 is 2.12 bits per heavy atom. The number of ether oxygens (including phenoxy) is 1. The van der Waals surface area contributed by atoms with E-state index in [1.54, 1.807) is 0 Å². The Morgan fingerprint density at radius 1 is 1.31 bits per heavy atom. The van der Waals surface area contributed by atoms with Gasteiger partial charge in [0, 0.05) is 4.88 Å². The highest BCUT2D eigenvalue weighted by molar-refractivity contribution is 7.14. The van der Waals surface area contributed by atoms with E-state index in [0.29, 0.717) is 22.1 Å². The molecule has 1 N–H and O–H groups in total. The fourth-order valence-electron chi connectivity index (χ4n) is 1.68. The zero-order valence-electron chi connectivity index (χ0n) is 8.61. The molecule has 0 saturated heterocycles. The molecule has 0 bridgehead atoms. The first-order valence-corrected chi connectivity index (χ1v) is 5.74. The number of hydrogen-bond acceptors (Lipinski definition) is 3. The summed E-state index contributed by atoms with van der Waals surface area (Å²) in [7, 11) is 0. The first kappa shape index (κ1) is 9.42. The molecule has 4 heteroatoms. The lowest BCUT2D eigenvalue weighted by Crippen LogP contribution is -2.09. The van der Waals surface area contributed by atoms with Crippen molar-refractivity contribution < 1.29 is 9.53 Å². The topological polar surface area (TPSA) is 38.3 Å². The van der Waals surface area contributed by atoms with Crippen molar-refractivity contribution in [3.8, 4) is 10.8 Å². The van der Waals surface area contributed by atoms with Crippen molar-refractivity contribution in [3.63, 3.8) is 0 Å². The Kier molecular flexibility index (Phi) is 1.97. The van der Waals surface area contributed by atoms with E-state index in [9.17, 15) is 4.79 Å². The number of anilines is 1. The molecule has 3 rings (SSSR count). The molecule has 0 fully saturated rings. The monoisotopic (exact) mass is 231 g/mol. The summed E-state index contributed by atoms with van der Waals surface area (Å²) >= 11 is 1.49. The van der Waals surface area contributed by atoms with Gasteiger partial charge in [-0.15, -0.1) is 11.3 Å². The van der Waals surface area contributed by atoms with Crippen molar-refractivity contribution in [2.24, 2.45) is 0 Å². The average Bonchev–Trinajstić information content (AvgIpc) is 2.57. The second-order valence-electron chi connectivity index (χ2n) is 3.61. The molecular weight excluding hydrogens is 222 g/mol. The van der Waals surface area contributed by atoms with Gasteiger partial charge in [0.15, 0.2) is 10.8 Å². The van der Waals surface area contributed by atoms with Gasteiger partial charge in [-0.3, -0.25) is 4.79 Å². The van der Waals surface area contributed by atoms with Crippen LogP contribution in [-0.2, 0) is 0 Å². The Bertz CT molecular complexity index is 574. The van der Waals surface area contributed by atoms with E-state index in [1.807, 2.05) is 37.3 Å². The molecule has 0 saturated carbocycles. The summed E-state index contributed by atoms with van der Waals surface area (Å²) in [6.45, 7) is 1.96. The van der Waals surface area contributed by atoms with E-state index in [1.165, 1.54) is 11.3 Å². The van der Waals surface area contributed by atoms with E-state index >= 15 is 0 Å². The van der Waals surface area contributed by atoms with Crippen molar-refractivity contribution >= 4 is 22.9 Å². The molecule has 16 heavy (non-hydrogen) atoms. The summed E-state index contributed by atoms with van der Waals surface area (Å²) in [5, 5.41) is 3.50. The molecule has 1 amide bonds. The van der Waals surface area contributed by atoms with Crippen LogP contribution < -0.4 is 10.1 Å². The highest BCUT2D eigenvalue weighted by Gasteiger charge is 2.22. The van der Waals surface area contributed by atoms with Gasteiger partial charge in [-0.25, -0.2) is 0 Å². The standard InChI is InChI=1S/C12H9NO2S/c1-7-6-8-11(14)13-9-4-2-3-5-10(9)15-12(8)16-7/h2-6H,1H3,(H,13,14). The summed E-state index contributed by atoms with van der Waals surface area (Å²) in [6, 6.07) is 9.28. The van der Waals surface area contributed by atoms with Gasteiger partial charge < -0.3 is 10.1 Å². The number of thiophene rings is 1. The molecule has 80 valence electrons. The molecule has 0 spiro atoms. The van der Waals surface area contributed by atoms with Gasteiger partial charge in [-0.1, -0.05) is 12.1 Å². The summed E-state index contributed by atoms with van der Waals surface area (Å²) < 4.78 is 5.73. The Hall–Kier alpha value is -1.81. The third-order valence-corrected chi connectivity index (χ3v) is 3.33. The van der Waals surface area contributed by atoms with Crippen LogP contribution in [0.4, 0.5) is 5.69 Å². The number of aryl methyl sites for hydroxylation is 1. The number of amides is 1. The Morgan fingerprint density at radius 3 is 3.00 bits per heavy atom. The predicted octanol–water partition coefficient (Wildman–Crippen LogP) is 3.41. The van der Waals surface area contributed by atoms with Crippen LogP contribution >= 0.6 is 11.3 Å². The van der Waals surface area contributed by atoms with Crippen LogP contribution in [0.25, 0.3) is 0 Å². The van der Waals surface area contributed by atoms with Crippen LogP contribution in [0.2, 0.25) is 0 Å². The maximum Gasteiger partial charge on any atom is 0.260 e. The van der Waals surface area contributed by atoms with Crippen LogP contribution in [-0.4, -0.2) is 5.91 Å². The van der Waals surface area contributed by atoms with Crippen LogP contribution in [0.15, 0.2) is 30.3 Å². The second kappa shape index (κ2) is 3.35. The minimum atomic E-state index is -0.107. The third-order valence-electron chi connectivity index (χ3n) is 2.40. The van der Waals surface area contributed by atoms with Crippen molar-refractivity contribution in [2.45, 2.75) is 6.92 Å². The Labute approximate surface area is 96.7 Å². The Balaban J connectivity index is 2.17. The predicted molar refractivity (Wildman–Crippen MR) is 63.5 cm³/mol. The van der Waals surface area contributed by atoms with Gasteiger partial charge in [0.25, 0.3) is 5.91 Å². The van der Waals surface area contributed by atoms with Gasteiger partial charge in [-0.05, 0) is 25.1 Å². The quantitative estimate of drug-likeness (QED) is 0.754. The van der Waals surface area contributed by atoms with Crippen LogP contribution in [0.1, 0.15) is 15.2 Å².